The van der Waals surface area contributed by atoms with Crippen LogP contribution in [-0.4, -0.2) is 45.8 Å². The number of likely N-dealkylation sites (N-methyl/N-ethyl adjacent to an activating group) is 1. The molecular weight excluding hydrogens is 338 g/mol. The van der Waals surface area contributed by atoms with E-state index in [1.165, 1.54) is 20.1 Å². The zero-order chi connectivity index (χ0) is 13.4. The first-order valence-corrected chi connectivity index (χ1v) is 8.61. The number of amides is 1. The van der Waals surface area contributed by atoms with Crippen LogP contribution in [0.25, 0.3) is 0 Å². The van der Waals surface area contributed by atoms with Crippen molar-refractivity contribution in [1.82, 2.24) is 4.90 Å². The molecule has 0 atom stereocenters. The number of allylic oxidation sites excluding steroid dienone is 1. The van der Waals surface area contributed by atoms with Gasteiger partial charge in [0, 0.05) is 0 Å². The first-order chi connectivity index (χ1) is 8.63. The molecular formula is C15H21NOTe. The summed E-state index contributed by atoms with van der Waals surface area (Å²) in [5.74, 6) is 0.113. The summed E-state index contributed by atoms with van der Waals surface area (Å²) >= 11 is -0.392. The monoisotopic (exact) mass is 361 g/mol. The fourth-order valence-corrected chi connectivity index (χ4v) is 4.27. The van der Waals surface area contributed by atoms with Gasteiger partial charge < -0.3 is 0 Å². The van der Waals surface area contributed by atoms with E-state index in [2.05, 4.69) is 31.2 Å². The molecule has 0 aliphatic heterocycles. The minimum atomic E-state index is -0.392. The van der Waals surface area contributed by atoms with Gasteiger partial charge >= 0.3 is 120 Å². The molecule has 1 rings (SSSR count). The van der Waals surface area contributed by atoms with Crippen LogP contribution in [0, 0.1) is 0 Å². The summed E-state index contributed by atoms with van der Waals surface area (Å²) in [6, 6.07) is 10.5. The van der Waals surface area contributed by atoms with Crippen molar-refractivity contribution >= 4 is 30.4 Å². The quantitative estimate of drug-likeness (QED) is 0.564. The Bertz CT molecular complexity index is 398. The Kier molecular flexibility index (Phi) is 7.08. The number of unbranched alkanes of at least 4 members (excludes halogenated alkanes) is 1. The van der Waals surface area contributed by atoms with E-state index in [0.29, 0.717) is 0 Å². The van der Waals surface area contributed by atoms with Crippen LogP contribution in [0.3, 0.4) is 0 Å². The summed E-state index contributed by atoms with van der Waals surface area (Å²) in [5, 5.41) is 0. The minimum absolute atomic E-state index is 0.113. The van der Waals surface area contributed by atoms with Crippen LogP contribution in [0.5, 0.6) is 0 Å². The first kappa shape index (κ1) is 15.3. The molecule has 0 saturated heterocycles. The van der Waals surface area contributed by atoms with Gasteiger partial charge in [0.1, 0.15) is 0 Å². The normalized spacial score (nSPS) is 11.4. The SMILES string of the molecule is CCCC/C(=C/C(=O)N(C)C)[Te]c1ccccc1. The molecule has 0 bridgehead atoms. The molecule has 0 unspecified atom stereocenters. The Labute approximate surface area is 120 Å². The summed E-state index contributed by atoms with van der Waals surface area (Å²) in [6.45, 7) is 2.19. The van der Waals surface area contributed by atoms with Crippen LogP contribution in [0.4, 0.5) is 0 Å². The molecule has 1 amide bonds. The molecule has 18 heavy (non-hydrogen) atoms. The van der Waals surface area contributed by atoms with Crippen LogP contribution >= 0.6 is 0 Å². The molecule has 0 radical (unpaired) electrons. The van der Waals surface area contributed by atoms with E-state index < -0.39 is 20.9 Å². The van der Waals surface area contributed by atoms with Gasteiger partial charge in [0.15, 0.2) is 0 Å². The van der Waals surface area contributed by atoms with Crippen LogP contribution in [-0.2, 0) is 4.79 Å². The Morgan fingerprint density at radius 3 is 2.50 bits per heavy atom. The molecule has 1 aromatic rings. The molecule has 0 aromatic heterocycles. The summed E-state index contributed by atoms with van der Waals surface area (Å²) < 4.78 is 2.75. The molecule has 0 aliphatic rings. The molecule has 0 aliphatic carbocycles. The average molecular weight is 359 g/mol. The number of carbonyl (C=O) groups excluding carboxylic acids is 1. The molecule has 0 saturated carbocycles. The molecule has 0 fully saturated rings. The van der Waals surface area contributed by atoms with E-state index in [1.54, 1.807) is 19.0 Å². The van der Waals surface area contributed by atoms with Crippen molar-refractivity contribution < 1.29 is 4.79 Å². The average Bonchev–Trinajstić information content (AvgIpc) is 2.37. The van der Waals surface area contributed by atoms with Crippen molar-refractivity contribution in [2.75, 3.05) is 14.1 Å². The maximum absolute atomic E-state index is 11.8. The van der Waals surface area contributed by atoms with Gasteiger partial charge in [-0.05, 0) is 0 Å². The van der Waals surface area contributed by atoms with E-state index in [0.717, 1.165) is 6.42 Å². The zero-order valence-electron chi connectivity index (χ0n) is 11.3. The van der Waals surface area contributed by atoms with Crippen LogP contribution in [0.15, 0.2) is 40.0 Å². The Morgan fingerprint density at radius 1 is 1.28 bits per heavy atom. The van der Waals surface area contributed by atoms with Gasteiger partial charge in [0.05, 0.1) is 0 Å². The van der Waals surface area contributed by atoms with Gasteiger partial charge in [-0.2, -0.15) is 0 Å². The predicted octanol–water partition coefficient (Wildman–Crippen LogP) is 2.18. The van der Waals surface area contributed by atoms with Gasteiger partial charge in [0.2, 0.25) is 0 Å². The van der Waals surface area contributed by atoms with E-state index in [-0.39, 0.29) is 5.91 Å². The predicted molar refractivity (Wildman–Crippen MR) is 78.1 cm³/mol. The number of hydrogen-bond donors (Lipinski definition) is 0. The first-order valence-electron chi connectivity index (χ1n) is 6.28. The molecule has 2 nitrogen and oxygen atoms in total. The molecule has 0 heterocycles. The van der Waals surface area contributed by atoms with Crippen LogP contribution in [0.2, 0.25) is 0 Å². The second kappa shape index (κ2) is 8.34. The number of carbonyl (C=O) groups is 1. The van der Waals surface area contributed by atoms with Gasteiger partial charge in [-0.1, -0.05) is 0 Å². The van der Waals surface area contributed by atoms with Crippen molar-refractivity contribution in [1.29, 1.82) is 0 Å². The van der Waals surface area contributed by atoms with E-state index >= 15 is 0 Å². The number of nitrogens with zero attached hydrogens (tertiary/aromatic N) is 1. The van der Waals surface area contributed by atoms with E-state index in [9.17, 15) is 4.79 Å². The summed E-state index contributed by atoms with van der Waals surface area (Å²) in [7, 11) is 3.61. The van der Waals surface area contributed by atoms with Crippen molar-refractivity contribution in [2.24, 2.45) is 0 Å². The fourth-order valence-electron chi connectivity index (χ4n) is 1.41. The van der Waals surface area contributed by atoms with Crippen molar-refractivity contribution in [3.05, 3.63) is 40.0 Å². The molecule has 98 valence electrons. The maximum atomic E-state index is 11.8. The summed E-state index contributed by atoms with van der Waals surface area (Å²) in [5.41, 5.74) is 0. The molecule has 3 heteroatoms. The summed E-state index contributed by atoms with van der Waals surface area (Å²) in [6.07, 6.45) is 5.26. The fraction of sp³-hybridized carbons (Fsp3) is 0.400. The van der Waals surface area contributed by atoms with Gasteiger partial charge in [0.25, 0.3) is 0 Å². The van der Waals surface area contributed by atoms with Crippen LogP contribution in [0.1, 0.15) is 26.2 Å². The topological polar surface area (TPSA) is 20.3 Å². The molecule has 0 spiro atoms. The number of hydrogen-bond acceptors (Lipinski definition) is 1. The van der Waals surface area contributed by atoms with Gasteiger partial charge in [-0.15, -0.1) is 0 Å². The Morgan fingerprint density at radius 2 is 1.94 bits per heavy atom. The molecule has 0 N–H and O–H groups in total. The molecule has 1 aromatic carbocycles. The van der Waals surface area contributed by atoms with Gasteiger partial charge in [-0.3, -0.25) is 0 Å². The van der Waals surface area contributed by atoms with Crippen LogP contribution < -0.4 is 3.61 Å². The van der Waals surface area contributed by atoms with Crippen molar-refractivity contribution in [3.8, 4) is 0 Å². The summed E-state index contributed by atoms with van der Waals surface area (Å²) in [4.78, 5) is 13.4. The Balaban J connectivity index is 2.75. The standard InChI is InChI=1S/C15H21NOTe/c1-4-5-9-14(12-15(17)16(2)3)18-13-10-7-6-8-11-13/h6-8,10-12H,4-5,9H2,1-3H3/b14-12-. The number of benzene rings is 1. The van der Waals surface area contributed by atoms with Crippen molar-refractivity contribution in [2.45, 2.75) is 26.2 Å². The third kappa shape index (κ3) is 5.71. The third-order valence-corrected chi connectivity index (χ3v) is 5.61. The second-order valence-corrected chi connectivity index (χ2v) is 7.79. The van der Waals surface area contributed by atoms with Gasteiger partial charge in [-0.25, -0.2) is 0 Å². The Hall–Kier alpha value is -0.780. The zero-order valence-corrected chi connectivity index (χ0v) is 13.7. The van der Waals surface area contributed by atoms with E-state index in [1.807, 2.05) is 12.1 Å². The van der Waals surface area contributed by atoms with Crippen molar-refractivity contribution in [3.63, 3.8) is 0 Å². The third-order valence-electron chi connectivity index (χ3n) is 2.49. The second-order valence-electron chi connectivity index (χ2n) is 4.36. The van der Waals surface area contributed by atoms with E-state index in [4.69, 9.17) is 0 Å². The number of rotatable bonds is 6.